The van der Waals surface area contributed by atoms with E-state index in [1.54, 1.807) is 0 Å². The van der Waals surface area contributed by atoms with Crippen molar-refractivity contribution in [1.82, 2.24) is 20.0 Å². The summed E-state index contributed by atoms with van der Waals surface area (Å²) in [5, 5.41) is 12.9. The van der Waals surface area contributed by atoms with Gasteiger partial charge in [-0.2, -0.15) is 0 Å². The number of rotatable bonds is 10. The molecule has 2 fully saturated rings. The Morgan fingerprint density at radius 3 is 2.71 bits per heavy atom. The highest BCUT2D eigenvalue weighted by Crippen LogP contribution is 2.32. The monoisotopic (exact) mass is 529 g/mol. The molecule has 0 aromatic rings. The highest BCUT2D eigenvalue weighted by molar-refractivity contribution is 5.93. The minimum atomic E-state index is -0.477. The summed E-state index contributed by atoms with van der Waals surface area (Å²) < 4.78 is 5.43. The van der Waals surface area contributed by atoms with Crippen LogP contribution in [0.1, 0.15) is 59.3 Å². The van der Waals surface area contributed by atoms with Crippen molar-refractivity contribution in [1.29, 1.82) is 0 Å². The molecule has 0 saturated carbocycles. The number of ether oxygens (including phenoxy) is 1. The summed E-state index contributed by atoms with van der Waals surface area (Å²) in [6, 6.07) is -0.577. The summed E-state index contributed by atoms with van der Waals surface area (Å²) in [7, 11) is 0. The third-order valence-corrected chi connectivity index (χ3v) is 8.12. The van der Waals surface area contributed by atoms with E-state index in [2.05, 4.69) is 42.3 Å². The molecule has 3 aliphatic heterocycles. The summed E-state index contributed by atoms with van der Waals surface area (Å²) >= 11 is 0. The molecule has 4 atom stereocenters. The van der Waals surface area contributed by atoms with Crippen LogP contribution in [0.2, 0.25) is 0 Å². The topological polar surface area (TPSA) is 97.7 Å². The van der Waals surface area contributed by atoms with Gasteiger partial charge in [0.15, 0.2) is 6.04 Å². The zero-order valence-corrected chi connectivity index (χ0v) is 23.5. The zero-order valence-electron chi connectivity index (χ0n) is 23.5. The molecule has 9 heteroatoms. The molecule has 4 aliphatic rings. The Morgan fingerprint density at radius 2 is 2.03 bits per heavy atom. The Kier molecular flexibility index (Phi) is 10.4. The number of amidine groups is 1. The maximum Gasteiger partial charge on any atom is 0.249 e. The van der Waals surface area contributed by atoms with Crippen LogP contribution in [0.25, 0.3) is 0 Å². The number of hydrogen-bond donors (Lipinski definition) is 2. The van der Waals surface area contributed by atoms with Crippen molar-refractivity contribution in [2.45, 2.75) is 77.4 Å². The summed E-state index contributed by atoms with van der Waals surface area (Å²) in [4.78, 5) is 38.8. The van der Waals surface area contributed by atoms with Gasteiger partial charge in [0.2, 0.25) is 11.8 Å². The smallest absolute Gasteiger partial charge is 0.249 e. The summed E-state index contributed by atoms with van der Waals surface area (Å²) in [6.07, 6.45) is 11.4. The van der Waals surface area contributed by atoms with Crippen LogP contribution in [-0.2, 0) is 14.3 Å². The van der Waals surface area contributed by atoms with Crippen molar-refractivity contribution in [3.05, 3.63) is 23.9 Å². The molecule has 38 heavy (non-hydrogen) atoms. The second kappa shape index (κ2) is 13.7. The molecular formula is C29H47N5O4. The molecule has 2 saturated heterocycles. The van der Waals surface area contributed by atoms with Gasteiger partial charge < -0.3 is 29.9 Å². The maximum atomic E-state index is 14.3. The van der Waals surface area contributed by atoms with Gasteiger partial charge >= 0.3 is 0 Å². The Morgan fingerprint density at radius 1 is 1.24 bits per heavy atom. The first-order valence-corrected chi connectivity index (χ1v) is 14.6. The fourth-order valence-electron chi connectivity index (χ4n) is 6.28. The number of carbonyl (C=O) groups excluding carboxylic acids is 2. The van der Waals surface area contributed by atoms with Crippen molar-refractivity contribution < 1.29 is 19.4 Å². The minimum absolute atomic E-state index is 0.0480. The van der Waals surface area contributed by atoms with E-state index in [1.165, 1.54) is 5.70 Å². The number of allylic oxidation sites excluding steroid dienone is 4. The number of amides is 2. The molecule has 3 heterocycles. The van der Waals surface area contributed by atoms with Gasteiger partial charge in [-0.3, -0.25) is 14.6 Å². The van der Waals surface area contributed by atoms with Crippen LogP contribution in [0, 0.1) is 11.8 Å². The van der Waals surface area contributed by atoms with Gasteiger partial charge in [0.05, 0.1) is 25.2 Å². The lowest BCUT2D eigenvalue weighted by Gasteiger charge is -2.41. The summed E-state index contributed by atoms with van der Waals surface area (Å²) in [6.45, 7) is 10.9. The predicted octanol–water partition coefficient (Wildman–Crippen LogP) is 2.18. The van der Waals surface area contributed by atoms with Gasteiger partial charge in [-0.25, -0.2) is 0 Å². The lowest BCUT2D eigenvalue weighted by Crippen LogP contribution is -2.58. The third kappa shape index (κ3) is 6.85. The van der Waals surface area contributed by atoms with Gasteiger partial charge in [-0.1, -0.05) is 26.0 Å². The number of aliphatic hydroxyl groups excluding tert-OH is 1. The standard InChI is InChI=1S/C29H47N5O4/c1-21(2)20-33(25-17-23(18-30-19-25)28(36)32-12-15-38-16-13-32)29(37)27-26(11-7-8-14-35)34(22(3)31-27)24-9-5-4-6-10-24/h4-5,9,21,23,25-27,30,35H,6-8,10-20H2,1-3H3/t23-,25+,26?,27?/m1/s1. The van der Waals surface area contributed by atoms with Crippen LogP contribution in [-0.4, -0.2) is 108 Å². The van der Waals surface area contributed by atoms with Crippen molar-refractivity contribution in [2.24, 2.45) is 16.8 Å². The van der Waals surface area contributed by atoms with E-state index >= 15 is 0 Å². The van der Waals surface area contributed by atoms with Crippen molar-refractivity contribution in [3.63, 3.8) is 0 Å². The molecular weight excluding hydrogens is 482 g/mol. The summed E-state index contributed by atoms with van der Waals surface area (Å²) in [5.41, 5.74) is 1.21. The number of nitrogens with zero attached hydrogens (tertiary/aromatic N) is 4. The van der Waals surface area contributed by atoms with Crippen LogP contribution in [0.4, 0.5) is 0 Å². The molecule has 0 aromatic heterocycles. The Labute approximate surface area is 228 Å². The first-order chi connectivity index (χ1) is 18.4. The van der Waals surface area contributed by atoms with Crippen molar-refractivity contribution >= 4 is 17.6 Å². The molecule has 2 unspecified atom stereocenters. The Balaban J connectivity index is 1.54. The number of carbonyl (C=O) groups is 2. The zero-order chi connectivity index (χ0) is 27.1. The largest absolute Gasteiger partial charge is 0.396 e. The predicted molar refractivity (Wildman–Crippen MR) is 149 cm³/mol. The molecule has 2 N–H and O–H groups in total. The SMILES string of the molecule is CC1=NC(C(=O)N(CC(C)C)[C@@H]2CNC[C@H](C(=O)N3CCOCC3)C2)C(CCCCO)N1C1=CC=CCC1. The van der Waals surface area contributed by atoms with E-state index in [4.69, 9.17) is 9.73 Å². The molecule has 9 nitrogen and oxygen atoms in total. The Hall–Kier alpha value is -2.23. The molecule has 1 aliphatic carbocycles. The third-order valence-electron chi connectivity index (χ3n) is 8.12. The highest BCUT2D eigenvalue weighted by Gasteiger charge is 2.44. The van der Waals surface area contributed by atoms with Crippen molar-refractivity contribution in [2.75, 3.05) is 52.5 Å². The molecule has 0 spiro atoms. The van der Waals surface area contributed by atoms with Gasteiger partial charge in [0.25, 0.3) is 0 Å². The first kappa shape index (κ1) is 28.8. The van der Waals surface area contributed by atoms with Crippen LogP contribution in [0.5, 0.6) is 0 Å². The number of nitrogens with one attached hydrogen (secondary N) is 1. The molecule has 0 aromatic carbocycles. The summed E-state index contributed by atoms with van der Waals surface area (Å²) in [5.74, 6) is 1.29. The fourth-order valence-corrected chi connectivity index (χ4v) is 6.28. The second-order valence-electron chi connectivity index (χ2n) is 11.5. The first-order valence-electron chi connectivity index (χ1n) is 14.6. The second-order valence-corrected chi connectivity index (χ2v) is 11.5. The van der Waals surface area contributed by atoms with Crippen LogP contribution >= 0.6 is 0 Å². The number of unbranched alkanes of at least 4 members (excludes halogenated alkanes) is 1. The van der Waals surface area contributed by atoms with Gasteiger partial charge in [-0.15, -0.1) is 0 Å². The van der Waals surface area contributed by atoms with Crippen molar-refractivity contribution in [3.8, 4) is 0 Å². The lowest BCUT2D eigenvalue weighted by atomic mass is 9.91. The van der Waals surface area contributed by atoms with E-state index in [-0.39, 0.29) is 36.4 Å². The van der Waals surface area contributed by atoms with E-state index in [0.29, 0.717) is 58.3 Å². The number of aliphatic imine (C=N–C) groups is 1. The fraction of sp³-hybridized carbons (Fsp3) is 0.759. The van der Waals surface area contributed by atoms with E-state index in [1.807, 2.05) is 16.7 Å². The van der Waals surface area contributed by atoms with Gasteiger partial charge in [0, 0.05) is 51.1 Å². The number of morpholine rings is 1. The van der Waals surface area contributed by atoms with Gasteiger partial charge in [0.1, 0.15) is 5.84 Å². The average Bonchev–Trinajstić information content (AvgIpc) is 3.27. The van der Waals surface area contributed by atoms with E-state index < -0.39 is 6.04 Å². The maximum absolute atomic E-state index is 14.3. The minimum Gasteiger partial charge on any atom is -0.396 e. The highest BCUT2D eigenvalue weighted by atomic mass is 16.5. The van der Waals surface area contributed by atoms with E-state index in [0.717, 1.165) is 37.9 Å². The molecule has 0 bridgehead atoms. The normalized spacial score (nSPS) is 27.9. The lowest BCUT2D eigenvalue weighted by molar-refractivity contribution is -0.144. The van der Waals surface area contributed by atoms with Crippen LogP contribution in [0.15, 0.2) is 28.9 Å². The van der Waals surface area contributed by atoms with Gasteiger partial charge in [-0.05, 0) is 57.4 Å². The quantitative estimate of drug-likeness (QED) is 0.421. The number of piperidine rings is 1. The molecule has 4 rings (SSSR count). The van der Waals surface area contributed by atoms with Crippen LogP contribution < -0.4 is 5.32 Å². The molecule has 212 valence electrons. The molecule has 2 amide bonds. The number of hydrogen-bond acceptors (Lipinski definition) is 7. The van der Waals surface area contributed by atoms with E-state index in [9.17, 15) is 14.7 Å². The Bertz CT molecular complexity index is 911. The van der Waals surface area contributed by atoms with Crippen LogP contribution in [0.3, 0.4) is 0 Å². The number of aliphatic hydroxyl groups is 1. The molecule has 0 radical (unpaired) electrons. The average molecular weight is 530 g/mol.